The number of nitrogens with zero attached hydrogens (tertiary/aromatic N) is 2. The number of aromatic amines is 1. The number of halogens is 1. The van der Waals surface area contributed by atoms with Gasteiger partial charge in [0.15, 0.2) is 0 Å². The number of carbonyl (C=O) groups is 1. The van der Waals surface area contributed by atoms with E-state index in [9.17, 15) is 9.90 Å². The summed E-state index contributed by atoms with van der Waals surface area (Å²) in [4.78, 5) is 18.5. The maximum atomic E-state index is 12.8. The highest BCUT2D eigenvalue weighted by Crippen LogP contribution is 2.33. The number of likely N-dealkylation sites (N-methyl/N-ethyl adjacent to an activating group) is 1. The van der Waals surface area contributed by atoms with Gasteiger partial charge in [0.05, 0.1) is 27.2 Å². The van der Waals surface area contributed by atoms with E-state index in [1.54, 1.807) is 6.07 Å². The van der Waals surface area contributed by atoms with Crippen molar-refractivity contribution in [1.29, 1.82) is 0 Å². The predicted molar refractivity (Wildman–Crippen MR) is 143 cm³/mol. The number of aromatic hydroxyl groups is 1. The molecule has 0 atom stereocenters. The van der Waals surface area contributed by atoms with Crippen LogP contribution in [0.5, 0.6) is 5.75 Å². The van der Waals surface area contributed by atoms with Crippen molar-refractivity contribution in [3.8, 4) is 5.75 Å². The Bertz CT molecular complexity index is 1150. The first-order chi connectivity index (χ1) is 16.9. The largest absolute Gasteiger partial charge is 1.00 e. The van der Waals surface area contributed by atoms with Gasteiger partial charge in [0, 0.05) is 61.0 Å². The van der Waals surface area contributed by atoms with E-state index in [1.165, 1.54) is 0 Å². The first-order valence-corrected chi connectivity index (χ1v) is 12.8. The van der Waals surface area contributed by atoms with Crippen LogP contribution < -0.4 is 23.0 Å². The van der Waals surface area contributed by atoms with Crippen molar-refractivity contribution in [2.75, 3.05) is 58.7 Å². The Labute approximate surface area is 220 Å². The van der Waals surface area contributed by atoms with E-state index in [0.717, 1.165) is 89.7 Å². The van der Waals surface area contributed by atoms with Crippen LogP contribution in [0.25, 0.3) is 10.9 Å². The molecule has 2 aromatic carbocycles. The number of urea groups is 1. The van der Waals surface area contributed by atoms with Crippen molar-refractivity contribution in [2.24, 2.45) is 0 Å². The van der Waals surface area contributed by atoms with Crippen molar-refractivity contribution in [3.63, 3.8) is 0 Å². The van der Waals surface area contributed by atoms with Crippen LogP contribution in [0.3, 0.4) is 0 Å². The lowest BCUT2D eigenvalue weighted by molar-refractivity contribution is -0.894. The number of aromatic nitrogens is 1. The van der Waals surface area contributed by atoms with E-state index in [1.807, 2.05) is 24.4 Å². The first kappa shape index (κ1) is 27.8. The summed E-state index contributed by atoms with van der Waals surface area (Å²) in [6.45, 7) is 8.03. The van der Waals surface area contributed by atoms with E-state index in [0.29, 0.717) is 13.0 Å². The van der Waals surface area contributed by atoms with Crippen molar-refractivity contribution < 1.29 is 26.8 Å². The van der Waals surface area contributed by atoms with Gasteiger partial charge in [0.1, 0.15) is 5.75 Å². The molecule has 0 unspecified atom stereocenters. The van der Waals surface area contributed by atoms with Gasteiger partial charge in [-0.2, -0.15) is 0 Å². The number of fused-ring (bicyclic) bond motifs is 1. The highest BCUT2D eigenvalue weighted by Gasteiger charge is 2.24. The van der Waals surface area contributed by atoms with Gasteiger partial charge >= 0.3 is 6.03 Å². The summed E-state index contributed by atoms with van der Waals surface area (Å²) >= 11 is 0. The molecule has 36 heavy (non-hydrogen) atoms. The average molecular weight is 514 g/mol. The van der Waals surface area contributed by atoms with Crippen LogP contribution in [-0.4, -0.2) is 78.9 Å². The lowest BCUT2D eigenvalue weighted by atomic mass is 9.93. The third-order valence-corrected chi connectivity index (χ3v) is 7.23. The van der Waals surface area contributed by atoms with E-state index in [4.69, 9.17) is 0 Å². The molecule has 0 radical (unpaired) electrons. The summed E-state index contributed by atoms with van der Waals surface area (Å²) in [6.07, 6.45) is 5.46. The van der Waals surface area contributed by atoms with Gasteiger partial charge in [-0.1, -0.05) is 31.5 Å². The molecule has 8 heteroatoms. The Morgan fingerprint density at radius 2 is 1.86 bits per heavy atom. The topological polar surface area (TPSA) is 80.4 Å². The number of hydrogen-bond acceptors (Lipinski definition) is 3. The minimum Gasteiger partial charge on any atom is -1.00 e. The lowest BCUT2D eigenvalue weighted by Gasteiger charge is -2.39. The number of unbranched alkanes of at least 4 members (excludes halogenated alkanes) is 1. The number of amides is 2. The summed E-state index contributed by atoms with van der Waals surface area (Å²) in [5.74, 6) is 0.277. The Hall–Kier alpha value is -2.74. The molecule has 7 nitrogen and oxygen atoms in total. The molecule has 1 aromatic heterocycles. The third kappa shape index (κ3) is 6.93. The Balaban J connectivity index is 0.00000361. The number of phenolic OH excluding ortho intramolecular Hbond substituents is 1. The summed E-state index contributed by atoms with van der Waals surface area (Å²) in [5.41, 5.74) is 4.90. The molecule has 0 aliphatic carbocycles. The van der Waals surface area contributed by atoms with E-state index in [2.05, 4.69) is 53.7 Å². The number of quaternary nitrogens is 1. The average Bonchev–Trinajstić information content (AvgIpc) is 3.24. The molecular formula is C28H40ClN5O2. The maximum absolute atomic E-state index is 12.8. The predicted octanol–water partition coefficient (Wildman–Crippen LogP) is 1.32. The SMILES string of the molecule is CCCCc1c(NC(=O)NCCN2CC[N+](C)(C)CC2)ccc(O)c1Cc1c[nH]c2ccccc12.[Cl-]. The van der Waals surface area contributed by atoms with Crippen molar-refractivity contribution in [3.05, 3.63) is 59.3 Å². The van der Waals surface area contributed by atoms with Crippen LogP contribution in [-0.2, 0) is 12.8 Å². The maximum Gasteiger partial charge on any atom is 0.319 e. The molecule has 1 fully saturated rings. The third-order valence-electron chi connectivity index (χ3n) is 7.23. The van der Waals surface area contributed by atoms with Crippen LogP contribution >= 0.6 is 0 Å². The molecule has 1 saturated heterocycles. The second-order valence-corrected chi connectivity index (χ2v) is 10.3. The second-order valence-electron chi connectivity index (χ2n) is 10.3. The minimum absolute atomic E-state index is 0. The number of carbonyl (C=O) groups excluding carboxylic acids is 1. The number of anilines is 1. The number of hydrogen-bond donors (Lipinski definition) is 4. The normalized spacial score (nSPS) is 15.4. The molecule has 2 heterocycles. The highest BCUT2D eigenvalue weighted by molar-refractivity contribution is 5.91. The zero-order chi connectivity index (χ0) is 24.8. The highest BCUT2D eigenvalue weighted by atomic mass is 35.5. The zero-order valence-electron chi connectivity index (χ0n) is 21.7. The number of nitrogens with one attached hydrogen (secondary N) is 3. The van der Waals surface area contributed by atoms with Gasteiger partial charge in [-0.05, 0) is 42.2 Å². The smallest absolute Gasteiger partial charge is 0.319 e. The Kier molecular flexibility index (Phi) is 9.65. The fourth-order valence-corrected chi connectivity index (χ4v) is 4.87. The molecule has 2 amide bonds. The molecule has 4 rings (SSSR count). The van der Waals surface area contributed by atoms with E-state index < -0.39 is 0 Å². The van der Waals surface area contributed by atoms with Crippen LogP contribution in [0.2, 0.25) is 0 Å². The molecular weight excluding hydrogens is 474 g/mol. The number of phenols is 1. The Morgan fingerprint density at radius 1 is 1.11 bits per heavy atom. The number of para-hydroxylation sites is 1. The number of piperazine rings is 1. The quantitative estimate of drug-likeness (QED) is 0.257. The number of H-pyrrole nitrogens is 1. The molecule has 4 N–H and O–H groups in total. The molecule has 196 valence electrons. The monoisotopic (exact) mass is 513 g/mol. The molecule has 0 saturated carbocycles. The number of rotatable bonds is 9. The van der Waals surface area contributed by atoms with Gasteiger partial charge in [-0.3, -0.25) is 4.90 Å². The molecule has 0 bridgehead atoms. The van der Waals surface area contributed by atoms with Gasteiger partial charge in [0.2, 0.25) is 0 Å². The van der Waals surface area contributed by atoms with Crippen molar-refractivity contribution in [1.82, 2.24) is 15.2 Å². The van der Waals surface area contributed by atoms with Gasteiger partial charge in [-0.25, -0.2) is 4.79 Å². The van der Waals surface area contributed by atoms with Gasteiger partial charge in [-0.15, -0.1) is 0 Å². The molecule has 1 aliphatic rings. The standard InChI is InChI=1S/C28H39N5O2.ClH/c1-4-5-8-23-24(19-21-20-30-25-10-7-6-9-22(21)25)27(34)12-11-26(23)31-28(35)29-13-14-32-15-17-33(2,3)18-16-32;/h6-7,9-12,20,30H,4-5,8,13-19H2,1-3H3,(H2-,29,31,34,35);1H. The lowest BCUT2D eigenvalue weighted by Crippen LogP contribution is -3.00. The van der Waals surface area contributed by atoms with Crippen molar-refractivity contribution in [2.45, 2.75) is 32.6 Å². The minimum atomic E-state index is -0.195. The fourth-order valence-electron chi connectivity index (χ4n) is 4.87. The van der Waals surface area contributed by atoms with Crippen molar-refractivity contribution >= 4 is 22.6 Å². The summed E-state index contributed by atoms with van der Waals surface area (Å²) in [6, 6.07) is 11.5. The van der Waals surface area contributed by atoms with E-state index in [-0.39, 0.29) is 24.2 Å². The second kappa shape index (κ2) is 12.5. The van der Waals surface area contributed by atoms with Crippen LogP contribution in [0.15, 0.2) is 42.6 Å². The number of benzene rings is 2. The van der Waals surface area contributed by atoms with E-state index >= 15 is 0 Å². The van der Waals surface area contributed by atoms with Crippen LogP contribution in [0.4, 0.5) is 10.5 Å². The van der Waals surface area contributed by atoms with Crippen LogP contribution in [0.1, 0.15) is 36.5 Å². The van der Waals surface area contributed by atoms with Crippen LogP contribution in [0, 0.1) is 0 Å². The molecule has 1 aliphatic heterocycles. The summed E-state index contributed by atoms with van der Waals surface area (Å²) in [7, 11) is 4.53. The molecule has 0 spiro atoms. The summed E-state index contributed by atoms with van der Waals surface area (Å²) in [5, 5.41) is 18.0. The zero-order valence-corrected chi connectivity index (χ0v) is 22.5. The van der Waals surface area contributed by atoms with Gasteiger partial charge in [0.25, 0.3) is 0 Å². The fraction of sp³-hybridized carbons (Fsp3) is 0.464. The Morgan fingerprint density at radius 3 is 2.61 bits per heavy atom. The van der Waals surface area contributed by atoms with Gasteiger partial charge < -0.3 is 37.6 Å². The first-order valence-electron chi connectivity index (χ1n) is 12.8. The summed E-state index contributed by atoms with van der Waals surface area (Å²) < 4.78 is 1.06. The molecule has 3 aromatic rings.